The Hall–Kier alpha value is -2.12. The first-order chi connectivity index (χ1) is 8.65. The van der Waals surface area contributed by atoms with Crippen LogP contribution in [0.3, 0.4) is 0 Å². The van der Waals surface area contributed by atoms with Gasteiger partial charge in [-0.3, -0.25) is 14.4 Å². The summed E-state index contributed by atoms with van der Waals surface area (Å²) in [5.41, 5.74) is 0. The summed E-state index contributed by atoms with van der Waals surface area (Å²) in [6, 6.07) is -2.44. The zero-order chi connectivity index (χ0) is 15.2. The van der Waals surface area contributed by atoms with Crippen molar-refractivity contribution in [2.45, 2.75) is 39.3 Å². The maximum Gasteiger partial charge on any atom is 0.326 e. The Morgan fingerprint density at radius 3 is 1.89 bits per heavy atom. The van der Waals surface area contributed by atoms with Crippen molar-refractivity contribution in [3.63, 3.8) is 0 Å². The lowest BCUT2D eigenvalue weighted by Crippen LogP contribution is -2.53. The SMILES string of the molecule is CC(=O)NC(C(=O)NC(CC(=O)O)C(=O)O)C(C)C. The quantitative estimate of drug-likeness (QED) is 0.480. The van der Waals surface area contributed by atoms with Gasteiger partial charge in [-0.1, -0.05) is 13.8 Å². The molecule has 0 aliphatic rings. The summed E-state index contributed by atoms with van der Waals surface area (Å²) in [6.07, 6.45) is -0.730. The normalized spacial score (nSPS) is 13.5. The molecule has 0 aliphatic heterocycles. The van der Waals surface area contributed by atoms with Crippen molar-refractivity contribution in [3.05, 3.63) is 0 Å². The number of nitrogens with one attached hydrogen (secondary N) is 2. The van der Waals surface area contributed by atoms with Gasteiger partial charge in [-0.25, -0.2) is 4.79 Å². The number of amides is 2. The van der Waals surface area contributed by atoms with Crippen LogP contribution in [0.25, 0.3) is 0 Å². The molecule has 8 nitrogen and oxygen atoms in total. The van der Waals surface area contributed by atoms with Crippen molar-refractivity contribution in [1.82, 2.24) is 10.6 Å². The van der Waals surface area contributed by atoms with Crippen LogP contribution in [0, 0.1) is 5.92 Å². The van der Waals surface area contributed by atoms with Crippen molar-refractivity contribution in [1.29, 1.82) is 0 Å². The van der Waals surface area contributed by atoms with E-state index < -0.39 is 42.3 Å². The summed E-state index contributed by atoms with van der Waals surface area (Å²) in [5.74, 6) is -4.20. The first kappa shape index (κ1) is 16.9. The van der Waals surface area contributed by atoms with Crippen LogP contribution in [0.1, 0.15) is 27.2 Å². The Morgan fingerprint density at radius 2 is 1.58 bits per heavy atom. The molecule has 0 aromatic rings. The molecule has 8 heteroatoms. The molecule has 108 valence electrons. The van der Waals surface area contributed by atoms with Gasteiger partial charge in [0.2, 0.25) is 11.8 Å². The smallest absolute Gasteiger partial charge is 0.326 e. The maximum absolute atomic E-state index is 11.8. The van der Waals surface area contributed by atoms with Crippen LogP contribution in [0.4, 0.5) is 0 Å². The van der Waals surface area contributed by atoms with Gasteiger partial charge >= 0.3 is 11.9 Å². The molecule has 0 heterocycles. The van der Waals surface area contributed by atoms with Gasteiger partial charge < -0.3 is 20.8 Å². The molecular weight excluding hydrogens is 256 g/mol. The Kier molecular flexibility index (Phi) is 6.53. The van der Waals surface area contributed by atoms with Crippen LogP contribution >= 0.6 is 0 Å². The van der Waals surface area contributed by atoms with Gasteiger partial charge in [0.25, 0.3) is 0 Å². The Morgan fingerprint density at radius 1 is 1.05 bits per heavy atom. The second-order valence-electron chi connectivity index (χ2n) is 4.42. The summed E-state index contributed by atoms with van der Waals surface area (Å²) in [5, 5.41) is 21.8. The van der Waals surface area contributed by atoms with Gasteiger partial charge in [-0.05, 0) is 5.92 Å². The highest BCUT2D eigenvalue weighted by molar-refractivity contribution is 5.91. The average molecular weight is 274 g/mol. The minimum absolute atomic E-state index is 0.261. The van der Waals surface area contributed by atoms with Crippen LogP contribution in [0.5, 0.6) is 0 Å². The molecule has 0 saturated carbocycles. The molecule has 0 rings (SSSR count). The summed E-state index contributed by atoms with van der Waals surface area (Å²) in [7, 11) is 0. The molecule has 19 heavy (non-hydrogen) atoms. The highest BCUT2D eigenvalue weighted by Gasteiger charge is 2.29. The van der Waals surface area contributed by atoms with E-state index in [1.807, 2.05) is 0 Å². The fourth-order valence-corrected chi connectivity index (χ4v) is 1.39. The highest BCUT2D eigenvalue weighted by Crippen LogP contribution is 2.03. The summed E-state index contributed by atoms with van der Waals surface area (Å²) >= 11 is 0. The lowest BCUT2D eigenvalue weighted by molar-refractivity contribution is -0.147. The van der Waals surface area contributed by atoms with Crippen LogP contribution in [0.2, 0.25) is 0 Å². The fraction of sp³-hybridized carbons (Fsp3) is 0.636. The molecule has 0 spiro atoms. The molecule has 4 N–H and O–H groups in total. The molecule has 0 bridgehead atoms. The molecule has 2 amide bonds. The molecular formula is C11H18N2O6. The Bertz CT molecular complexity index is 379. The van der Waals surface area contributed by atoms with Crippen LogP contribution in [-0.2, 0) is 19.2 Å². The van der Waals surface area contributed by atoms with Crippen LogP contribution < -0.4 is 10.6 Å². The zero-order valence-electron chi connectivity index (χ0n) is 11.0. The average Bonchev–Trinajstić information content (AvgIpc) is 2.23. The summed E-state index contributed by atoms with van der Waals surface area (Å²) < 4.78 is 0. The zero-order valence-corrected chi connectivity index (χ0v) is 11.0. The molecule has 0 saturated heterocycles. The third-order valence-electron chi connectivity index (χ3n) is 2.30. The number of hydrogen-bond donors (Lipinski definition) is 4. The summed E-state index contributed by atoms with van der Waals surface area (Å²) in [4.78, 5) is 44.1. The largest absolute Gasteiger partial charge is 0.481 e. The Balaban J connectivity index is 4.80. The lowest BCUT2D eigenvalue weighted by Gasteiger charge is -2.22. The molecule has 0 aromatic heterocycles. The lowest BCUT2D eigenvalue weighted by atomic mass is 10.0. The van der Waals surface area contributed by atoms with Crippen molar-refractivity contribution in [2.75, 3.05) is 0 Å². The van der Waals surface area contributed by atoms with E-state index in [0.717, 1.165) is 0 Å². The predicted octanol–water partition coefficient (Wildman–Crippen LogP) is -0.809. The minimum Gasteiger partial charge on any atom is -0.481 e. The van der Waals surface area contributed by atoms with E-state index in [2.05, 4.69) is 10.6 Å². The highest BCUT2D eigenvalue weighted by atomic mass is 16.4. The number of carboxylic acids is 2. The third kappa shape index (κ3) is 6.39. The van der Waals surface area contributed by atoms with Crippen molar-refractivity contribution in [3.8, 4) is 0 Å². The standard InChI is InChI=1S/C11H18N2O6/c1-5(2)9(12-6(3)14)10(17)13-7(11(18)19)4-8(15)16/h5,7,9H,4H2,1-3H3,(H,12,14)(H,13,17)(H,15,16)(H,18,19). The van der Waals surface area contributed by atoms with Crippen LogP contribution in [0.15, 0.2) is 0 Å². The monoisotopic (exact) mass is 274 g/mol. The van der Waals surface area contributed by atoms with Crippen molar-refractivity contribution >= 4 is 23.8 Å². The van der Waals surface area contributed by atoms with E-state index in [1.54, 1.807) is 13.8 Å². The van der Waals surface area contributed by atoms with E-state index in [4.69, 9.17) is 10.2 Å². The Labute approximate surface area is 110 Å². The van der Waals surface area contributed by atoms with Crippen LogP contribution in [-0.4, -0.2) is 46.0 Å². The minimum atomic E-state index is -1.53. The fourth-order valence-electron chi connectivity index (χ4n) is 1.39. The van der Waals surface area contributed by atoms with E-state index in [0.29, 0.717) is 0 Å². The van der Waals surface area contributed by atoms with E-state index in [1.165, 1.54) is 6.92 Å². The molecule has 0 aromatic carbocycles. The predicted molar refractivity (Wildman–Crippen MR) is 64.3 cm³/mol. The van der Waals surface area contributed by atoms with Gasteiger partial charge in [0, 0.05) is 6.92 Å². The number of carboxylic acid groups (broad SMARTS) is 2. The van der Waals surface area contributed by atoms with E-state index >= 15 is 0 Å². The first-order valence-corrected chi connectivity index (χ1v) is 5.67. The molecule has 0 radical (unpaired) electrons. The van der Waals surface area contributed by atoms with Gasteiger partial charge in [-0.15, -0.1) is 0 Å². The van der Waals surface area contributed by atoms with Crippen molar-refractivity contribution < 1.29 is 29.4 Å². The maximum atomic E-state index is 11.8. The first-order valence-electron chi connectivity index (χ1n) is 5.67. The number of aliphatic carboxylic acids is 2. The second-order valence-corrected chi connectivity index (χ2v) is 4.42. The second kappa shape index (κ2) is 7.34. The van der Waals surface area contributed by atoms with E-state index in [9.17, 15) is 19.2 Å². The number of rotatable bonds is 7. The molecule has 2 atom stereocenters. The molecule has 0 aliphatic carbocycles. The van der Waals surface area contributed by atoms with E-state index in [-0.39, 0.29) is 5.92 Å². The number of carbonyl (C=O) groups excluding carboxylic acids is 2. The van der Waals surface area contributed by atoms with Gasteiger partial charge in [-0.2, -0.15) is 0 Å². The number of hydrogen-bond acceptors (Lipinski definition) is 4. The van der Waals surface area contributed by atoms with Gasteiger partial charge in [0.05, 0.1) is 6.42 Å². The van der Waals surface area contributed by atoms with Crippen molar-refractivity contribution in [2.24, 2.45) is 5.92 Å². The van der Waals surface area contributed by atoms with Gasteiger partial charge in [0.15, 0.2) is 0 Å². The molecule has 2 unspecified atom stereocenters. The summed E-state index contributed by atoms with van der Waals surface area (Å²) in [6.45, 7) is 4.58. The number of carbonyl (C=O) groups is 4. The topological polar surface area (TPSA) is 133 Å². The third-order valence-corrected chi connectivity index (χ3v) is 2.30. The molecule has 0 fully saturated rings. The van der Waals surface area contributed by atoms with Gasteiger partial charge in [0.1, 0.15) is 12.1 Å².